The van der Waals surface area contributed by atoms with Gasteiger partial charge in [-0.15, -0.1) is 6.42 Å². The number of hydrogen-bond acceptors (Lipinski definition) is 7. The fourth-order valence-corrected chi connectivity index (χ4v) is 4.74. The molecule has 5 rings (SSSR count). The summed E-state index contributed by atoms with van der Waals surface area (Å²) in [5.74, 6) is 2.75. The molecule has 0 saturated carbocycles. The second kappa shape index (κ2) is 10.4. The van der Waals surface area contributed by atoms with E-state index >= 15 is 0 Å². The number of aromatic nitrogens is 2. The van der Waals surface area contributed by atoms with Crippen LogP contribution in [0.1, 0.15) is 23.1 Å². The number of anilines is 2. The normalized spacial score (nSPS) is 15.5. The number of terminal acetylenes is 1. The lowest BCUT2D eigenvalue weighted by Crippen LogP contribution is -2.37. The Bertz CT molecular complexity index is 1360. The molecule has 0 atom stereocenters. The smallest absolute Gasteiger partial charge is 0.335 e. The molecule has 184 valence electrons. The summed E-state index contributed by atoms with van der Waals surface area (Å²) in [5, 5.41) is 10.4. The number of carboxylic acids is 1. The van der Waals surface area contributed by atoms with Crippen molar-refractivity contribution in [3.05, 3.63) is 59.9 Å². The number of aliphatic carboxylic acids is 1. The zero-order chi connectivity index (χ0) is 25.1. The van der Waals surface area contributed by atoms with E-state index in [4.69, 9.17) is 15.9 Å². The highest BCUT2D eigenvalue weighted by atomic mass is 16.5. The molecule has 0 amide bonds. The van der Waals surface area contributed by atoms with Gasteiger partial charge in [0.25, 0.3) is 0 Å². The zero-order valence-corrected chi connectivity index (χ0v) is 20.1. The van der Waals surface area contributed by atoms with E-state index in [0.717, 1.165) is 68.9 Å². The standard InChI is InChI=1S/C28H28N4O4/c1-3-20-5-6-21-7-9-32(25(21)15-20)27-23-16-22(19(2)28(33)34)26(17-24(23)29-18-30-27)36-12-4-8-31-10-13-35-14-11-31/h1,5-6,15-18H,2,4,7-14H2,(H,33,34). The molecule has 0 radical (unpaired) electrons. The second-order valence-corrected chi connectivity index (χ2v) is 8.89. The average molecular weight is 485 g/mol. The number of fused-ring (bicyclic) bond motifs is 2. The van der Waals surface area contributed by atoms with Gasteiger partial charge in [0.1, 0.15) is 17.9 Å². The molecule has 2 aliphatic rings. The molecule has 0 unspecified atom stereocenters. The van der Waals surface area contributed by atoms with Crippen LogP contribution in [0.4, 0.5) is 11.5 Å². The van der Waals surface area contributed by atoms with Crippen molar-refractivity contribution in [2.45, 2.75) is 12.8 Å². The monoisotopic (exact) mass is 484 g/mol. The van der Waals surface area contributed by atoms with Crippen LogP contribution in [-0.2, 0) is 16.0 Å². The maximum Gasteiger partial charge on any atom is 0.335 e. The zero-order valence-electron chi connectivity index (χ0n) is 20.1. The summed E-state index contributed by atoms with van der Waals surface area (Å²) < 4.78 is 11.5. The molecule has 1 aromatic heterocycles. The Hall–Kier alpha value is -3.93. The van der Waals surface area contributed by atoms with Crippen LogP contribution in [-0.4, -0.2) is 71.9 Å². The van der Waals surface area contributed by atoms with Crippen molar-refractivity contribution in [1.29, 1.82) is 0 Å². The minimum absolute atomic E-state index is 0.0358. The predicted octanol–water partition coefficient (Wildman–Crippen LogP) is 3.50. The first-order valence-electron chi connectivity index (χ1n) is 12.1. The van der Waals surface area contributed by atoms with Gasteiger partial charge in [0.05, 0.1) is 30.9 Å². The number of benzene rings is 2. The average Bonchev–Trinajstić information content (AvgIpc) is 3.33. The minimum Gasteiger partial charge on any atom is -0.493 e. The van der Waals surface area contributed by atoms with E-state index in [9.17, 15) is 9.90 Å². The third-order valence-corrected chi connectivity index (χ3v) is 6.68. The van der Waals surface area contributed by atoms with Gasteiger partial charge >= 0.3 is 5.97 Å². The lowest BCUT2D eigenvalue weighted by atomic mass is 10.0. The maximum absolute atomic E-state index is 11.9. The summed E-state index contributed by atoms with van der Waals surface area (Å²) in [4.78, 5) is 25.3. The van der Waals surface area contributed by atoms with Gasteiger partial charge in [-0.05, 0) is 36.6 Å². The molecule has 0 bridgehead atoms. The molecule has 1 N–H and O–H groups in total. The number of carbonyl (C=O) groups is 1. The van der Waals surface area contributed by atoms with Crippen molar-refractivity contribution in [3.63, 3.8) is 0 Å². The van der Waals surface area contributed by atoms with Crippen LogP contribution in [0.5, 0.6) is 5.75 Å². The number of rotatable bonds is 8. The molecule has 8 nitrogen and oxygen atoms in total. The van der Waals surface area contributed by atoms with E-state index in [-0.39, 0.29) is 5.57 Å². The first-order chi connectivity index (χ1) is 17.5. The largest absolute Gasteiger partial charge is 0.493 e. The summed E-state index contributed by atoms with van der Waals surface area (Å²) in [7, 11) is 0. The number of hydrogen-bond donors (Lipinski definition) is 1. The molecule has 8 heteroatoms. The van der Waals surface area contributed by atoms with Crippen LogP contribution in [0.3, 0.4) is 0 Å². The van der Waals surface area contributed by atoms with Gasteiger partial charge in [0, 0.05) is 54.4 Å². The van der Waals surface area contributed by atoms with Crippen LogP contribution in [0.25, 0.3) is 16.5 Å². The summed E-state index contributed by atoms with van der Waals surface area (Å²) in [6, 6.07) is 9.54. The molecule has 3 aromatic rings. The lowest BCUT2D eigenvalue weighted by molar-refractivity contribution is -0.130. The van der Waals surface area contributed by atoms with E-state index in [1.165, 1.54) is 11.9 Å². The Morgan fingerprint density at radius 1 is 1.19 bits per heavy atom. The van der Waals surface area contributed by atoms with Gasteiger partial charge < -0.3 is 19.5 Å². The Kier molecular flexibility index (Phi) is 6.85. The van der Waals surface area contributed by atoms with Gasteiger partial charge in [-0.2, -0.15) is 0 Å². The van der Waals surface area contributed by atoms with E-state index in [2.05, 4.69) is 38.3 Å². The van der Waals surface area contributed by atoms with Crippen LogP contribution >= 0.6 is 0 Å². The van der Waals surface area contributed by atoms with Crippen molar-refractivity contribution >= 4 is 34.0 Å². The highest BCUT2D eigenvalue weighted by Gasteiger charge is 2.25. The van der Waals surface area contributed by atoms with Crippen LogP contribution in [0, 0.1) is 12.3 Å². The maximum atomic E-state index is 11.9. The summed E-state index contributed by atoms with van der Waals surface area (Å²) >= 11 is 0. The highest BCUT2D eigenvalue weighted by Crippen LogP contribution is 2.39. The van der Waals surface area contributed by atoms with Crippen molar-refractivity contribution < 1.29 is 19.4 Å². The SMILES string of the molecule is C#Cc1ccc2c(c1)N(c1ncnc3cc(OCCCN4CCOCC4)c(C(=C)C(=O)O)cc13)CC2. The Balaban J connectivity index is 1.46. The Labute approximate surface area is 210 Å². The third-order valence-electron chi connectivity index (χ3n) is 6.68. The van der Waals surface area contributed by atoms with Crippen molar-refractivity contribution in [2.24, 2.45) is 0 Å². The Morgan fingerprint density at radius 2 is 2.03 bits per heavy atom. The Morgan fingerprint density at radius 3 is 2.81 bits per heavy atom. The number of nitrogens with zero attached hydrogens (tertiary/aromatic N) is 4. The van der Waals surface area contributed by atoms with Crippen LogP contribution in [0.15, 0.2) is 43.2 Å². The molecule has 1 fully saturated rings. The third kappa shape index (κ3) is 4.76. The fraction of sp³-hybridized carbons (Fsp3) is 0.321. The van der Waals surface area contributed by atoms with Gasteiger partial charge in [0.15, 0.2) is 0 Å². The number of ether oxygens (including phenoxy) is 2. The lowest BCUT2D eigenvalue weighted by Gasteiger charge is -2.26. The summed E-state index contributed by atoms with van der Waals surface area (Å²) in [6.07, 6.45) is 8.83. The van der Waals surface area contributed by atoms with E-state index in [0.29, 0.717) is 29.3 Å². The number of carboxylic acid groups (broad SMARTS) is 1. The van der Waals surface area contributed by atoms with Crippen molar-refractivity contribution in [2.75, 3.05) is 50.9 Å². The topological polar surface area (TPSA) is 88.0 Å². The van der Waals surface area contributed by atoms with Crippen molar-refractivity contribution in [3.8, 4) is 18.1 Å². The fourth-order valence-electron chi connectivity index (χ4n) is 4.74. The first kappa shape index (κ1) is 23.8. The van der Waals surface area contributed by atoms with E-state index < -0.39 is 5.97 Å². The number of morpholine rings is 1. The molecule has 2 aromatic carbocycles. The predicted molar refractivity (Wildman–Crippen MR) is 139 cm³/mol. The molecule has 36 heavy (non-hydrogen) atoms. The molecule has 0 aliphatic carbocycles. The summed E-state index contributed by atoms with van der Waals surface area (Å²) in [6.45, 7) is 9.23. The van der Waals surface area contributed by atoms with Crippen LogP contribution < -0.4 is 9.64 Å². The van der Waals surface area contributed by atoms with Gasteiger partial charge in [0.2, 0.25) is 0 Å². The summed E-state index contributed by atoms with van der Waals surface area (Å²) in [5.41, 5.74) is 4.06. The van der Waals surface area contributed by atoms with E-state index in [1.807, 2.05) is 12.1 Å². The highest BCUT2D eigenvalue weighted by molar-refractivity contribution is 6.16. The van der Waals surface area contributed by atoms with Gasteiger partial charge in [-0.1, -0.05) is 18.6 Å². The van der Waals surface area contributed by atoms with Gasteiger partial charge in [-0.25, -0.2) is 14.8 Å². The molecule has 1 saturated heterocycles. The van der Waals surface area contributed by atoms with Crippen LogP contribution in [0.2, 0.25) is 0 Å². The molecule has 3 heterocycles. The van der Waals surface area contributed by atoms with E-state index in [1.54, 1.807) is 12.1 Å². The van der Waals surface area contributed by atoms with Gasteiger partial charge in [-0.3, -0.25) is 4.90 Å². The molecular formula is C28H28N4O4. The van der Waals surface area contributed by atoms with Crippen molar-refractivity contribution in [1.82, 2.24) is 14.9 Å². The molecular weight excluding hydrogens is 456 g/mol. The quantitative estimate of drug-likeness (QED) is 0.295. The minimum atomic E-state index is -1.10. The molecule has 2 aliphatic heterocycles. The molecule has 0 spiro atoms. The first-order valence-corrected chi connectivity index (χ1v) is 12.1. The second-order valence-electron chi connectivity index (χ2n) is 8.89.